The number of fused-ring (bicyclic) bond motifs is 1. The Morgan fingerprint density at radius 2 is 2.21 bits per heavy atom. The molecule has 0 aliphatic carbocycles. The second kappa shape index (κ2) is 3.42. The molecule has 0 fully saturated rings. The van der Waals surface area contributed by atoms with Crippen molar-refractivity contribution in [2.75, 3.05) is 0 Å². The van der Waals surface area contributed by atoms with Crippen LogP contribution >= 0.6 is 11.6 Å². The molecule has 4 heteroatoms. The lowest BCUT2D eigenvalue weighted by Gasteiger charge is -2.01. The van der Waals surface area contributed by atoms with E-state index in [2.05, 4.69) is 9.97 Å². The fourth-order valence-corrected chi connectivity index (χ4v) is 1.41. The molecule has 1 aromatic carbocycles. The Hall–Kier alpha value is -1.35. The number of benzene rings is 1. The lowest BCUT2D eigenvalue weighted by Crippen LogP contribution is -1.92. The van der Waals surface area contributed by atoms with Crippen LogP contribution in [0.2, 0.25) is 5.02 Å². The summed E-state index contributed by atoms with van der Waals surface area (Å²) in [6, 6.07) is 3.21. The molecule has 1 aromatic heterocycles. The van der Waals surface area contributed by atoms with E-state index >= 15 is 0 Å². The van der Waals surface area contributed by atoms with Gasteiger partial charge in [0.25, 0.3) is 0 Å². The van der Waals surface area contributed by atoms with Crippen LogP contribution in [0.1, 0.15) is 12.7 Å². The number of rotatable bonds is 1. The highest BCUT2D eigenvalue weighted by Gasteiger charge is 2.03. The molecule has 0 bridgehead atoms. The minimum Gasteiger partial charge on any atom is -0.506 e. The quantitative estimate of drug-likeness (QED) is 0.784. The third-order valence-corrected chi connectivity index (χ3v) is 2.32. The van der Waals surface area contributed by atoms with E-state index in [0.29, 0.717) is 5.02 Å². The van der Waals surface area contributed by atoms with Gasteiger partial charge in [0.1, 0.15) is 11.6 Å². The summed E-state index contributed by atoms with van der Waals surface area (Å²) in [5, 5.41) is 10.5. The standard InChI is InChI=1S/C10H9ClN2O/c1-2-10-12-5-6-3-9(14)7(11)4-8(6)13-10/h3-5,14H,2H2,1H3. The van der Waals surface area contributed by atoms with Crippen LogP contribution in [-0.4, -0.2) is 15.1 Å². The number of phenolic OH excluding ortho intramolecular Hbond substituents is 1. The molecule has 0 aliphatic heterocycles. The van der Waals surface area contributed by atoms with Gasteiger partial charge in [-0.15, -0.1) is 0 Å². The second-order valence-corrected chi connectivity index (χ2v) is 3.41. The predicted molar refractivity (Wildman–Crippen MR) is 55.6 cm³/mol. The Morgan fingerprint density at radius 3 is 2.93 bits per heavy atom. The number of phenols is 1. The molecule has 0 saturated carbocycles. The van der Waals surface area contributed by atoms with Crippen LogP contribution in [0.3, 0.4) is 0 Å². The molecule has 72 valence electrons. The molecule has 1 heterocycles. The van der Waals surface area contributed by atoms with Gasteiger partial charge in [-0.3, -0.25) is 0 Å². The number of aromatic nitrogens is 2. The summed E-state index contributed by atoms with van der Waals surface area (Å²) in [7, 11) is 0. The van der Waals surface area contributed by atoms with Gasteiger partial charge in [0.05, 0.1) is 10.5 Å². The van der Waals surface area contributed by atoms with Crippen LogP contribution in [0, 0.1) is 0 Å². The lowest BCUT2D eigenvalue weighted by molar-refractivity contribution is 0.476. The SMILES string of the molecule is CCc1ncc2cc(O)c(Cl)cc2n1. The summed E-state index contributed by atoms with van der Waals surface area (Å²) in [5.41, 5.74) is 0.764. The van der Waals surface area contributed by atoms with Crippen LogP contribution in [0.15, 0.2) is 18.3 Å². The molecule has 0 saturated heterocycles. The monoisotopic (exact) mass is 208 g/mol. The molecule has 2 aromatic rings. The molecule has 0 aliphatic rings. The van der Waals surface area contributed by atoms with E-state index < -0.39 is 0 Å². The molecule has 0 amide bonds. The first-order valence-electron chi connectivity index (χ1n) is 4.35. The molecule has 14 heavy (non-hydrogen) atoms. The number of halogens is 1. The maximum absolute atomic E-state index is 9.36. The third kappa shape index (κ3) is 1.51. The van der Waals surface area contributed by atoms with E-state index in [9.17, 15) is 5.11 Å². The summed E-state index contributed by atoms with van der Waals surface area (Å²) >= 11 is 5.77. The maximum Gasteiger partial charge on any atom is 0.134 e. The normalized spacial score (nSPS) is 10.7. The highest BCUT2D eigenvalue weighted by molar-refractivity contribution is 6.32. The van der Waals surface area contributed by atoms with Crippen LogP contribution < -0.4 is 0 Å². The first-order chi connectivity index (χ1) is 6.70. The average Bonchev–Trinajstić information content (AvgIpc) is 2.19. The summed E-state index contributed by atoms with van der Waals surface area (Å²) in [6.45, 7) is 1.99. The minimum absolute atomic E-state index is 0.0621. The number of nitrogens with zero attached hydrogens (tertiary/aromatic N) is 2. The van der Waals surface area contributed by atoms with E-state index in [-0.39, 0.29) is 5.75 Å². The first kappa shape index (κ1) is 9.21. The van der Waals surface area contributed by atoms with E-state index in [4.69, 9.17) is 11.6 Å². The van der Waals surface area contributed by atoms with Gasteiger partial charge in [-0.05, 0) is 12.1 Å². The second-order valence-electron chi connectivity index (χ2n) is 3.00. The first-order valence-corrected chi connectivity index (χ1v) is 4.72. The molecule has 0 atom stereocenters. The van der Waals surface area contributed by atoms with Crippen molar-refractivity contribution in [3.63, 3.8) is 0 Å². The Labute approximate surface area is 86.4 Å². The number of hydrogen-bond donors (Lipinski definition) is 1. The van der Waals surface area contributed by atoms with Crippen molar-refractivity contribution in [1.82, 2.24) is 9.97 Å². The Morgan fingerprint density at radius 1 is 1.43 bits per heavy atom. The van der Waals surface area contributed by atoms with Crippen molar-refractivity contribution < 1.29 is 5.11 Å². The Balaban J connectivity index is 2.70. The zero-order chi connectivity index (χ0) is 10.1. The van der Waals surface area contributed by atoms with Gasteiger partial charge in [0.2, 0.25) is 0 Å². The lowest BCUT2D eigenvalue weighted by atomic mass is 10.2. The fraction of sp³-hybridized carbons (Fsp3) is 0.200. The van der Waals surface area contributed by atoms with Crippen molar-refractivity contribution in [1.29, 1.82) is 0 Å². The highest BCUT2D eigenvalue weighted by Crippen LogP contribution is 2.27. The molecule has 1 N–H and O–H groups in total. The van der Waals surface area contributed by atoms with Crippen LogP contribution in [-0.2, 0) is 6.42 Å². The van der Waals surface area contributed by atoms with Gasteiger partial charge >= 0.3 is 0 Å². The maximum atomic E-state index is 9.36. The van der Waals surface area contributed by atoms with Crippen molar-refractivity contribution in [2.45, 2.75) is 13.3 Å². The molecule has 0 radical (unpaired) electrons. The van der Waals surface area contributed by atoms with Gasteiger partial charge < -0.3 is 5.11 Å². The topological polar surface area (TPSA) is 46.0 Å². The number of aryl methyl sites for hydroxylation is 1. The van der Waals surface area contributed by atoms with Gasteiger partial charge in [-0.1, -0.05) is 18.5 Å². The molecule has 3 nitrogen and oxygen atoms in total. The van der Waals surface area contributed by atoms with Crippen molar-refractivity contribution in [3.8, 4) is 5.75 Å². The van der Waals surface area contributed by atoms with E-state index in [0.717, 1.165) is 23.1 Å². The van der Waals surface area contributed by atoms with E-state index in [1.807, 2.05) is 6.92 Å². The zero-order valence-corrected chi connectivity index (χ0v) is 8.41. The molecule has 2 rings (SSSR count). The highest BCUT2D eigenvalue weighted by atomic mass is 35.5. The van der Waals surface area contributed by atoms with Gasteiger partial charge in [0, 0.05) is 18.0 Å². The van der Waals surface area contributed by atoms with Crippen molar-refractivity contribution in [2.24, 2.45) is 0 Å². The van der Waals surface area contributed by atoms with Gasteiger partial charge in [0.15, 0.2) is 0 Å². The molecular weight excluding hydrogens is 200 g/mol. The Bertz CT molecular complexity index is 485. The smallest absolute Gasteiger partial charge is 0.134 e. The van der Waals surface area contributed by atoms with Crippen LogP contribution in [0.5, 0.6) is 5.75 Å². The summed E-state index contributed by atoms with van der Waals surface area (Å²) in [5.74, 6) is 0.839. The number of hydrogen-bond acceptors (Lipinski definition) is 3. The largest absolute Gasteiger partial charge is 0.506 e. The van der Waals surface area contributed by atoms with Gasteiger partial charge in [-0.2, -0.15) is 0 Å². The Kier molecular flexibility index (Phi) is 2.25. The minimum atomic E-state index is 0.0621. The molecule has 0 spiro atoms. The zero-order valence-electron chi connectivity index (χ0n) is 7.66. The van der Waals surface area contributed by atoms with Crippen LogP contribution in [0.25, 0.3) is 10.9 Å². The van der Waals surface area contributed by atoms with E-state index in [1.165, 1.54) is 0 Å². The fourth-order valence-electron chi connectivity index (χ4n) is 1.25. The van der Waals surface area contributed by atoms with Crippen molar-refractivity contribution >= 4 is 22.5 Å². The summed E-state index contributed by atoms with van der Waals surface area (Å²) in [4.78, 5) is 8.42. The molecular formula is C10H9ClN2O. The van der Waals surface area contributed by atoms with Crippen LogP contribution in [0.4, 0.5) is 0 Å². The molecule has 0 unspecified atom stereocenters. The van der Waals surface area contributed by atoms with E-state index in [1.54, 1.807) is 18.3 Å². The van der Waals surface area contributed by atoms with Crippen molar-refractivity contribution in [3.05, 3.63) is 29.2 Å². The number of aromatic hydroxyl groups is 1. The summed E-state index contributed by atoms with van der Waals surface area (Å²) < 4.78 is 0. The predicted octanol–water partition coefficient (Wildman–Crippen LogP) is 2.55. The third-order valence-electron chi connectivity index (χ3n) is 2.01. The van der Waals surface area contributed by atoms with Gasteiger partial charge in [-0.25, -0.2) is 9.97 Å². The average molecular weight is 209 g/mol. The summed E-state index contributed by atoms with van der Waals surface area (Å²) in [6.07, 6.45) is 2.48.